The molecule has 5 rings (SSSR count). The Morgan fingerprint density at radius 3 is 2.68 bits per heavy atom. The molecule has 8 nitrogen and oxygen atoms in total. The van der Waals surface area contributed by atoms with E-state index in [-0.39, 0.29) is 0 Å². The predicted octanol–water partition coefficient (Wildman–Crippen LogP) is 2.46. The number of hydrogen-bond acceptors (Lipinski definition) is 6. The van der Waals surface area contributed by atoms with Gasteiger partial charge >= 0.3 is 0 Å². The van der Waals surface area contributed by atoms with Crippen LogP contribution in [-0.4, -0.2) is 29.5 Å². The van der Waals surface area contributed by atoms with Gasteiger partial charge in [0.1, 0.15) is 11.8 Å². The topological polar surface area (TPSA) is 124 Å². The van der Waals surface area contributed by atoms with Gasteiger partial charge in [0.2, 0.25) is 0 Å². The van der Waals surface area contributed by atoms with Crippen LogP contribution in [-0.2, 0) is 13.1 Å². The van der Waals surface area contributed by atoms with Crippen molar-refractivity contribution in [3.8, 4) is 11.1 Å². The van der Waals surface area contributed by atoms with E-state index in [1.54, 1.807) is 18.7 Å². The Bertz CT molecular complexity index is 1290. The Kier molecular flexibility index (Phi) is 3.77. The first-order valence-corrected chi connectivity index (χ1v) is 8.89. The largest absolute Gasteiger partial charge is 0.382 e. The zero-order valence-electron chi connectivity index (χ0n) is 15.0. The second kappa shape index (κ2) is 6.43. The van der Waals surface area contributed by atoms with Crippen LogP contribution >= 0.6 is 0 Å². The molecule has 5 N–H and O–H groups in total. The number of anilines is 1. The standard InChI is InChI=1S/C20H18N8/c21-8-16-7-14-5-13(12-1-3-23-4-2-12)6-15(17(14)27-16)9-28-11-26-18-19(22)24-10-25-20(18)28/h1-7,10-11,27H,8-9,21H2,(H2,22,24,25). The number of aromatic nitrogens is 6. The van der Waals surface area contributed by atoms with Crippen LogP contribution in [0.15, 0.2) is 55.4 Å². The number of aromatic amines is 1. The highest BCUT2D eigenvalue weighted by Gasteiger charge is 2.13. The minimum Gasteiger partial charge on any atom is -0.382 e. The number of nitrogens with one attached hydrogen (secondary N) is 1. The fourth-order valence-corrected chi connectivity index (χ4v) is 3.52. The summed E-state index contributed by atoms with van der Waals surface area (Å²) in [7, 11) is 0. The van der Waals surface area contributed by atoms with Gasteiger partial charge in [0.05, 0.1) is 18.4 Å². The van der Waals surface area contributed by atoms with Crippen LogP contribution in [0.2, 0.25) is 0 Å². The van der Waals surface area contributed by atoms with E-state index in [4.69, 9.17) is 11.5 Å². The molecule has 1 aromatic carbocycles. The number of rotatable bonds is 4. The third-order valence-corrected chi connectivity index (χ3v) is 4.87. The van der Waals surface area contributed by atoms with Gasteiger partial charge in [0, 0.05) is 30.0 Å². The maximum atomic E-state index is 5.92. The van der Waals surface area contributed by atoms with Crippen molar-refractivity contribution in [2.24, 2.45) is 5.73 Å². The number of hydrogen-bond donors (Lipinski definition) is 3. The molecule has 0 unspecified atom stereocenters. The summed E-state index contributed by atoms with van der Waals surface area (Å²) in [6.07, 6.45) is 6.79. The highest BCUT2D eigenvalue weighted by atomic mass is 15.1. The Hall–Kier alpha value is -3.78. The molecule has 0 amide bonds. The molecule has 0 radical (unpaired) electrons. The number of benzene rings is 1. The summed E-state index contributed by atoms with van der Waals surface area (Å²) in [6.45, 7) is 1.05. The van der Waals surface area contributed by atoms with Gasteiger partial charge in [0.25, 0.3) is 0 Å². The average molecular weight is 370 g/mol. The van der Waals surface area contributed by atoms with Gasteiger partial charge in [-0.2, -0.15) is 0 Å². The number of nitrogen functional groups attached to an aromatic ring is 1. The van der Waals surface area contributed by atoms with E-state index in [2.05, 4.69) is 43.1 Å². The zero-order valence-corrected chi connectivity index (χ0v) is 15.0. The molecule has 5 aromatic rings. The lowest BCUT2D eigenvalue weighted by Gasteiger charge is -2.10. The van der Waals surface area contributed by atoms with Crippen LogP contribution in [0, 0.1) is 0 Å². The molecule has 0 aliphatic carbocycles. The summed E-state index contributed by atoms with van der Waals surface area (Å²) in [6, 6.07) is 10.4. The number of nitrogens with two attached hydrogens (primary N) is 2. The second-order valence-electron chi connectivity index (χ2n) is 6.64. The van der Waals surface area contributed by atoms with Gasteiger partial charge in [-0.25, -0.2) is 15.0 Å². The number of nitrogens with zero attached hydrogens (tertiary/aromatic N) is 5. The predicted molar refractivity (Wildman–Crippen MR) is 108 cm³/mol. The summed E-state index contributed by atoms with van der Waals surface area (Å²) in [5.41, 5.74) is 18.5. The van der Waals surface area contributed by atoms with E-state index in [0.717, 1.165) is 33.3 Å². The highest BCUT2D eigenvalue weighted by Crippen LogP contribution is 2.29. The molecule has 0 saturated heterocycles. The van der Waals surface area contributed by atoms with E-state index in [1.165, 1.54) is 6.33 Å². The molecule has 8 heteroatoms. The van der Waals surface area contributed by atoms with Gasteiger partial charge in [-0.05, 0) is 47.0 Å². The lowest BCUT2D eigenvalue weighted by molar-refractivity contribution is 0.817. The number of imidazole rings is 1. The van der Waals surface area contributed by atoms with Crippen molar-refractivity contribution in [3.05, 3.63) is 66.6 Å². The third kappa shape index (κ3) is 2.67. The first-order chi connectivity index (χ1) is 13.7. The maximum absolute atomic E-state index is 5.92. The molecular weight excluding hydrogens is 352 g/mol. The van der Waals surface area contributed by atoms with E-state index in [1.807, 2.05) is 16.7 Å². The molecule has 0 saturated carbocycles. The summed E-state index contributed by atoms with van der Waals surface area (Å²) in [5.74, 6) is 0.379. The molecule has 4 aromatic heterocycles. The lowest BCUT2D eigenvalue weighted by atomic mass is 10.0. The number of fused-ring (bicyclic) bond motifs is 2. The molecule has 0 aliphatic rings. The van der Waals surface area contributed by atoms with Crippen LogP contribution in [0.3, 0.4) is 0 Å². The molecule has 0 fully saturated rings. The Morgan fingerprint density at radius 2 is 1.86 bits per heavy atom. The Balaban J connectivity index is 1.68. The minimum absolute atomic E-state index is 0.379. The lowest BCUT2D eigenvalue weighted by Crippen LogP contribution is -2.02. The SMILES string of the molecule is NCc1cc2cc(-c3ccncc3)cc(Cn3cnc4c(N)ncnc43)c2[nH]1. The summed E-state index contributed by atoms with van der Waals surface area (Å²) in [5, 5.41) is 1.11. The van der Waals surface area contributed by atoms with Crippen molar-refractivity contribution >= 4 is 27.9 Å². The fourth-order valence-electron chi connectivity index (χ4n) is 3.52. The normalized spacial score (nSPS) is 11.5. The Labute approximate surface area is 160 Å². The zero-order chi connectivity index (χ0) is 19.1. The van der Waals surface area contributed by atoms with E-state index in [9.17, 15) is 0 Å². The van der Waals surface area contributed by atoms with Crippen molar-refractivity contribution in [2.45, 2.75) is 13.1 Å². The molecule has 138 valence electrons. The van der Waals surface area contributed by atoms with Crippen molar-refractivity contribution < 1.29 is 0 Å². The maximum Gasteiger partial charge on any atom is 0.165 e. The first-order valence-electron chi connectivity index (χ1n) is 8.89. The van der Waals surface area contributed by atoms with E-state index >= 15 is 0 Å². The molecule has 0 spiro atoms. The molecular formula is C20H18N8. The second-order valence-corrected chi connectivity index (χ2v) is 6.64. The molecule has 28 heavy (non-hydrogen) atoms. The van der Waals surface area contributed by atoms with Crippen molar-refractivity contribution in [2.75, 3.05) is 5.73 Å². The van der Waals surface area contributed by atoms with Crippen LogP contribution in [0.25, 0.3) is 33.2 Å². The van der Waals surface area contributed by atoms with Crippen molar-refractivity contribution in [3.63, 3.8) is 0 Å². The van der Waals surface area contributed by atoms with Gasteiger partial charge in [-0.1, -0.05) is 0 Å². The minimum atomic E-state index is 0.379. The fraction of sp³-hybridized carbons (Fsp3) is 0.100. The van der Waals surface area contributed by atoms with Crippen LogP contribution in [0.1, 0.15) is 11.3 Å². The molecule has 0 atom stereocenters. The molecule has 0 bridgehead atoms. The van der Waals surface area contributed by atoms with Gasteiger partial charge in [-0.3, -0.25) is 4.98 Å². The van der Waals surface area contributed by atoms with Gasteiger partial charge in [0.15, 0.2) is 11.5 Å². The molecule has 0 aliphatic heterocycles. The first kappa shape index (κ1) is 16.4. The smallest absolute Gasteiger partial charge is 0.165 e. The van der Waals surface area contributed by atoms with Gasteiger partial charge < -0.3 is 21.0 Å². The van der Waals surface area contributed by atoms with Crippen molar-refractivity contribution in [1.29, 1.82) is 0 Å². The van der Waals surface area contributed by atoms with Crippen LogP contribution in [0.5, 0.6) is 0 Å². The summed E-state index contributed by atoms with van der Waals surface area (Å²) in [4.78, 5) is 20.3. The summed E-state index contributed by atoms with van der Waals surface area (Å²) < 4.78 is 1.97. The van der Waals surface area contributed by atoms with E-state index in [0.29, 0.717) is 30.1 Å². The monoisotopic (exact) mass is 370 g/mol. The molecule has 4 heterocycles. The van der Waals surface area contributed by atoms with E-state index < -0.39 is 0 Å². The number of H-pyrrole nitrogens is 1. The van der Waals surface area contributed by atoms with Crippen LogP contribution in [0.4, 0.5) is 5.82 Å². The average Bonchev–Trinajstić information content (AvgIpc) is 3.33. The summed E-state index contributed by atoms with van der Waals surface area (Å²) >= 11 is 0. The Morgan fingerprint density at radius 1 is 1.00 bits per heavy atom. The van der Waals surface area contributed by atoms with Gasteiger partial charge in [-0.15, -0.1) is 0 Å². The quantitative estimate of drug-likeness (QED) is 0.446. The van der Waals surface area contributed by atoms with Crippen LogP contribution < -0.4 is 11.5 Å². The highest BCUT2D eigenvalue weighted by molar-refractivity contribution is 5.89. The van der Waals surface area contributed by atoms with Crippen molar-refractivity contribution in [1.82, 2.24) is 29.5 Å². The third-order valence-electron chi connectivity index (χ3n) is 4.87. The number of pyridine rings is 1.